The lowest BCUT2D eigenvalue weighted by atomic mass is 10.1. The third-order valence-corrected chi connectivity index (χ3v) is 1.96. The van der Waals surface area contributed by atoms with Crippen LogP contribution in [0.25, 0.3) is 11.1 Å². The number of halogens is 3. The number of fused-ring (bicyclic) bond motifs is 1. The zero-order valence-corrected chi connectivity index (χ0v) is 7.93. The highest BCUT2D eigenvalue weighted by molar-refractivity contribution is 5.73. The molecule has 2 nitrogen and oxygen atoms in total. The lowest BCUT2D eigenvalue weighted by molar-refractivity contribution is -0.127. The summed E-state index contributed by atoms with van der Waals surface area (Å²) in [6.07, 6.45) is -5.13. The van der Waals surface area contributed by atoms with E-state index in [1.54, 1.807) is 6.92 Å². The van der Waals surface area contributed by atoms with E-state index in [0.717, 1.165) is 0 Å². The van der Waals surface area contributed by atoms with Crippen LogP contribution in [0.5, 0.6) is 0 Å². The summed E-state index contributed by atoms with van der Waals surface area (Å²) in [6.45, 7) is 1.66. The van der Waals surface area contributed by atoms with E-state index >= 15 is 0 Å². The Labute approximate surface area is 83.7 Å². The van der Waals surface area contributed by atoms with Crippen LogP contribution in [0.2, 0.25) is 0 Å². The Balaban J connectivity index is 2.38. The van der Waals surface area contributed by atoms with Crippen molar-refractivity contribution in [3.05, 3.63) is 29.7 Å². The molecule has 0 fully saturated rings. The summed E-state index contributed by atoms with van der Waals surface area (Å²) in [4.78, 5) is 4.00. The summed E-state index contributed by atoms with van der Waals surface area (Å²) in [6, 6.07) is 4.33. The van der Waals surface area contributed by atoms with Crippen molar-refractivity contribution in [3.63, 3.8) is 0 Å². The Bertz CT molecular complexity index is 487. The number of nitrogens with zero attached hydrogens (tertiary/aromatic N) is 1. The quantitative estimate of drug-likeness (QED) is 0.729. The Hall–Kier alpha value is -1.52. The maximum Gasteiger partial charge on any atom is 0.393 e. The number of aryl methyl sites for hydroxylation is 1. The van der Waals surface area contributed by atoms with Gasteiger partial charge >= 0.3 is 6.18 Å². The Kier molecular flexibility index (Phi) is 2.17. The molecule has 1 aromatic carbocycles. The number of alkyl halides is 3. The average Bonchev–Trinajstić information content (AvgIpc) is 2.40. The summed E-state index contributed by atoms with van der Waals surface area (Å²) in [5.74, 6) is 0.453. The molecule has 0 aliphatic heterocycles. The van der Waals surface area contributed by atoms with Crippen LogP contribution >= 0.6 is 0 Å². The Morgan fingerprint density at radius 3 is 2.73 bits per heavy atom. The monoisotopic (exact) mass is 215 g/mol. The van der Waals surface area contributed by atoms with Crippen LogP contribution in [0.4, 0.5) is 13.2 Å². The number of oxazole rings is 1. The van der Waals surface area contributed by atoms with Crippen LogP contribution in [0, 0.1) is 6.92 Å². The number of aromatic nitrogens is 1. The fraction of sp³-hybridized carbons (Fsp3) is 0.300. The van der Waals surface area contributed by atoms with Gasteiger partial charge in [0.1, 0.15) is 5.52 Å². The van der Waals surface area contributed by atoms with E-state index in [4.69, 9.17) is 4.42 Å². The van der Waals surface area contributed by atoms with Crippen LogP contribution < -0.4 is 0 Å². The van der Waals surface area contributed by atoms with E-state index < -0.39 is 12.6 Å². The maximum atomic E-state index is 12.1. The molecule has 2 aromatic rings. The predicted octanol–water partition coefficient (Wildman–Crippen LogP) is 3.24. The van der Waals surface area contributed by atoms with Gasteiger partial charge in [0.15, 0.2) is 11.5 Å². The molecule has 0 amide bonds. The van der Waals surface area contributed by atoms with Crippen molar-refractivity contribution in [3.8, 4) is 0 Å². The molecule has 0 bridgehead atoms. The minimum absolute atomic E-state index is 0.186. The highest BCUT2D eigenvalue weighted by Crippen LogP contribution is 2.24. The zero-order chi connectivity index (χ0) is 11.1. The lowest BCUT2D eigenvalue weighted by Gasteiger charge is -2.05. The summed E-state index contributed by atoms with van der Waals surface area (Å²) in [5, 5.41) is 0. The first kappa shape index (κ1) is 10.0. The van der Waals surface area contributed by atoms with Gasteiger partial charge in [-0.1, -0.05) is 6.07 Å². The van der Waals surface area contributed by atoms with Crippen molar-refractivity contribution in [2.75, 3.05) is 0 Å². The van der Waals surface area contributed by atoms with E-state index in [9.17, 15) is 13.2 Å². The standard InChI is InChI=1S/C10H8F3NO/c1-6-14-8-3-2-7(4-9(8)15-6)5-10(11,12)13/h2-4H,5H2,1H3. The van der Waals surface area contributed by atoms with Crippen molar-refractivity contribution in [1.29, 1.82) is 0 Å². The summed E-state index contributed by atoms with van der Waals surface area (Å²) in [7, 11) is 0. The molecule has 0 saturated heterocycles. The van der Waals surface area contributed by atoms with Crippen molar-refractivity contribution in [2.24, 2.45) is 0 Å². The predicted molar refractivity (Wildman–Crippen MR) is 48.5 cm³/mol. The molecule has 80 valence electrons. The van der Waals surface area contributed by atoms with E-state index in [-0.39, 0.29) is 5.56 Å². The first-order valence-corrected chi connectivity index (χ1v) is 4.37. The maximum absolute atomic E-state index is 12.1. The second kappa shape index (κ2) is 3.25. The fourth-order valence-corrected chi connectivity index (χ4v) is 1.43. The lowest BCUT2D eigenvalue weighted by Crippen LogP contribution is -2.11. The smallest absolute Gasteiger partial charge is 0.393 e. The fourth-order valence-electron chi connectivity index (χ4n) is 1.43. The molecule has 0 aliphatic carbocycles. The highest BCUT2D eigenvalue weighted by atomic mass is 19.4. The topological polar surface area (TPSA) is 26.0 Å². The molecule has 0 unspecified atom stereocenters. The van der Waals surface area contributed by atoms with E-state index in [0.29, 0.717) is 17.0 Å². The summed E-state index contributed by atoms with van der Waals surface area (Å²) < 4.78 is 41.4. The molecule has 15 heavy (non-hydrogen) atoms. The van der Waals surface area contributed by atoms with Gasteiger partial charge in [-0.25, -0.2) is 4.98 Å². The van der Waals surface area contributed by atoms with Crippen LogP contribution in [-0.2, 0) is 6.42 Å². The normalized spacial score (nSPS) is 12.3. The van der Waals surface area contributed by atoms with Gasteiger partial charge in [0.05, 0.1) is 6.42 Å². The Morgan fingerprint density at radius 1 is 1.33 bits per heavy atom. The van der Waals surface area contributed by atoms with Gasteiger partial charge in [-0.15, -0.1) is 0 Å². The van der Waals surface area contributed by atoms with Crippen LogP contribution in [0.3, 0.4) is 0 Å². The van der Waals surface area contributed by atoms with Crippen molar-refractivity contribution in [2.45, 2.75) is 19.5 Å². The molecule has 0 saturated carbocycles. The van der Waals surface area contributed by atoms with E-state index in [1.165, 1.54) is 18.2 Å². The molecule has 2 rings (SSSR count). The van der Waals surface area contributed by atoms with Crippen molar-refractivity contribution in [1.82, 2.24) is 4.98 Å². The number of hydrogen-bond acceptors (Lipinski definition) is 2. The van der Waals surface area contributed by atoms with Gasteiger partial charge in [-0.05, 0) is 17.7 Å². The molecule has 0 N–H and O–H groups in total. The van der Waals surface area contributed by atoms with Crippen molar-refractivity contribution < 1.29 is 17.6 Å². The molecule has 1 heterocycles. The number of rotatable bonds is 1. The number of benzene rings is 1. The molecule has 0 atom stereocenters. The molecular weight excluding hydrogens is 207 g/mol. The molecule has 0 spiro atoms. The van der Waals surface area contributed by atoms with Crippen LogP contribution in [-0.4, -0.2) is 11.2 Å². The summed E-state index contributed by atoms with van der Waals surface area (Å²) >= 11 is 0. The Morgan fingerprint density at radius 2 is 2.07 bits per heavy atom. The second-order valence-electron chi connectivity index (χ2n) is 3.33. The average molecular weight is 215 g/mol. The SMILES string of the molecule is Cc1nc2ccc(CC(F)(F)F)cc2o1. The first-order valence-electron chi connectivity index (χ1n) is 4.37. The number of hydrogen-bond donors (Lipinski definition) is 0. The third-order valence-electron chi connectivity index (χ3n) is 1.96. The van der Waals surface area contributed by atoms with Gasteiger partial charge in [-0.3, -0.25) is 0 Å². The van der Waals surface area contributed by atoms with Crippen molar-refractivity contribution >= 4 is 11.1 Å². The molecule has 5 heteroatoms. The van der Waals surface area contributed by atoms with Crippen LogP contribution in [0.1, 0.15) is 11.5 Å². The van der Waals surface area contributed by atoms with Gasteiger partial charge in [0.2, 0.25) is 0 Å². The van der Waals surface area contributed by atoms with Gasteiger partial charge in [-0.2, -0.15) is 13.2 Å². The van der Waals surface area contributed by atoms with Gasteiger partial charge in [0.25, 0.3) is 0 Å². The molecular formula is C10H8F3NO. The second-order valence-corrected chi connectivity index (χ2v) is 3.33. The largest absolute Gasteiger partial charge is 0.441 e. The third kappa shape index (κ3) is 2.29. The van der Waals surface area contributed by atoms with Gasteiger partial charge in [0, 0.05) is 6.92 Å². The molecule has 0 radical (unpaired) electrons. The summed E-state index contributed by atoms with van der Waals surface area (Å²) in [5.41, 5.74) is 1.17. The van der Waals surface area contributed by atoms with Crippen LogP contribution in [0.15, 0.2) is 22.6 Å². The minimum atomic E-state index is -4.19. The molecule has 1 aromatic heterocycles. The highest BCUT2D eigenvalue weighted by Gasteiger charge is 2.27. The van der Waals surface area contributed by atoms with Gasteiger partial charge < -0.3 is 4.42 Å². The first-order chi connectivity index (χ1) is 6.94. The van der Waals surface area contributed by atoms with E-state index in [1.807, 2.05) is 0 Å². The van der Waals surface area contributed by atoms with E-state index in [2.05, 4.69) is 4.98 Å². The zero-order valence-electron chi connectivity index (χ0n) is 7.93. The minimum Gasteiger partial charge on any atom is -0.441 e. The molecule has 0 aliphatic rings.